The van der Waals surface area contributed by atoms with Gasteiger partial charge in [0.05, 0.1) is 0 Å². The van der Waals surface area contributed by atoms with Crippen molar-refractivity contribution >= 4 is 0 Å². The van der Waals surface area contributed by atoms with Gasteiger partial charge in [-0.15, -0.1) is 0 Å². The molecule has 0 radical (unpaired) electrons. The largest absolute Gasteiger partial charge is 0.508 e. The molecular weight excluding hydrogens is 184 g/mol. The summed E-state index contributed by atoms with van der Waals surface area (Å²) in [6.45, 7) is 9.14. The molecule has 1 aromatic carbocycles. The van der Waals surface area contributed by atoms with Crippen LogP contribution in [0.25, 0.3) is 0 Å². The van der Waals surface area contributed by atoms with Gasteiger partial charge in [0, 0.05) is 0 Å². The molecule has 0 spiro atoms. The number of rotatable bonds is 4. The van der Waals surface area contributed by atoms with Crippen molar-refractivity contribution in [3.05, 3.63) is 29.8 Å². The summed E-state index contributed by atoms with van der Waals surface area (Å²) in [5.41, 5.74) is 1.64. The fourth-order valence-corrected chi connectivity index (χ4v) is 2.34. The molecule has 0 amide bonds. The average molecular weight is 206 g/mol. The van der Waals surface area contributed by atoms with Gasteiger partial charge >= 0.3 is 0 Å². The van der Waals surface area contributed by atoms with Crippen LogP contribution in [0.2, 0.25) is 0 Å². The lowest BCUT2D eigenvalue weighted by Gasteiger charge is -2.26. The van der Waals surface area contributed by atoms with Gasteiger partial charge in [0.15, 0.2) is 0 Å². The summed E-state index contributed by atoms with van der Waals surface area (Å²) in [6.07, 6.45) is 2.30. The smallest absolute Gasteiger partial charge is 0.115 e. The van der Waals surface area contributed by atoms with Crippen LogP contribution >= 0.6 is 0 Å². The lowest BCUT2D eigenvalue weighted by Crippen LogP contribution is -2.17. The van der Waals surface area contributed by atoms with E-state index >= 15 is 0 Å². The number of benzene rings is 1. The van der Waals surface area contributed by atoms with Crippen LogP contribution < -0.4 is 0 Å². The Kier molecular flexibility index (Phi) is 3.78. The lowest BCUT2D eigenvalue weighted by atomic mass is 9.79. The molecule has 1 rings (SSSR count). The molecule has 1 N–H and O–H groups in total. The van der Waals surface area contributed by atoms with Crippen LogP contribution in [0.3, 0.4) is 0 Å². The third kappa shape index (κ3) is 4.37. The Balaban J connectivity index is 2.64. The first kappa shape index (κ1) is 12.1. The van der Waals surface area contributed by atoms with Crippen molar-refractivity contribution in [3.63, 3.8) is 0 Å². The van der Waals surface area contributed by atoms with E-state index in [0.29, 0.717) is 11.2 Å². The van der Waals surface area contributed by atoms with E-state index in [1.807, 2.05) is 12.1 Å². The Morgan fingerprint density at radius 3 is 2.13 bits per heavy atom. The molecule has 0 aliphatic rings. The zero-order valence-corrected chi connectivity index (χ0v) is 10.2. The van der Waals surface area contributed by atoms with E-state index in [2.05, 4.69) is 27.7 Å². The number of hydrogen-bond donors (Lipinski definition) is 1. The van der Waals surface area contributed by atoms with Gasteiger partial charge in [-0.25, -0.2) is 0 Å². The maximum absolute atomic E-state index is 9.20. The van der Waals surface area contributed by atoms with Gasteiger partial charge < -0.3 is 5.11 Å². The number of hydrogen-bond acceptors (Lipinski definition) is 1. The Labute approximate surface area is 93.1 Å². The van der Waals surface area contributed by atoms with Crippen LogP contribution in [0.15, 0.2) is 24.3 Å². The fourth-order valence-electron chi connectivity index (χ4n) is 2.34. The third-order valence-corrected chi connectivity index (χ3v) is 2.58. The van der Waals surface area contributed by atoms with E-state index in [4.69, 9.17) is 0 Å². The number of phenolic OH excluding ortho intramolecular Hbond substituents is 1. The summed E-state index contributed by atoms with van der Waals surface area (Å²) in [5, 5.41) is 9.20. The minimum atomic E-state index is 0.338. The highest BCUT2D eigenvalue weighted by molar-refractivity contribution is 5.26. The first-order valence-corrected chi connectivity index (χ1v) is 5.67. The minimum absolute atomic E-state index is 0.338. The summed E-state index contributed by atoms with van der Waals surface area (Å²) >= 11 is 0. The maximum Gasteiger partial charge on any atom is 0.115 e. The Bertz CT molecular complexity index is 296. The molecule has 0 aromatic heterocycles. The molecule has 0 heterocycles. The Morgan fingerprint density at radius 2 is 1.67 bits per heavy atom. The van der Waals surface area contributed by atoms with Gasteiger partial charge in [-0.05, 0) is 41.9 Å². The van der Waals surface area contributed by atoms with E-state index in [0.717, 1.165) is 12.3 Å². The Hall–Kier alpha value is -0.980. The molecular formula is C14H22O. The molecule has 0 bridgehead atoms. The molecule has 0 saturated carbocycles. The zero-order chi connectivity index (χ0) is 11.5. The molecule has 0 atom stereocenters. The highest BCUT2D eigenvalue weighted by Crippen LogP contribution is 2.29. The summed E-state index contributed by atoms with van der Waals surface area (Å²) in [4.78, 5) is 0. The van der Waals surface area contributed by atoms with Crippen molar-refractivity contribution in [2.45, 2.75) is 40.5 Å². The maximum atomic E-state index is 9.20. The first-order valence-electron chi connectivity index (χ1n) is 5.67. The van der Waals surface area contributed by atoms with Gasteiger partial charge in [-0.3, -0.25) is 0 Å². The molecule has 1 nitrogen and oxygen atoms in total. The molecule has 0 aliphatic carbocycles. The van der Waals surface area contributed by atoms with Crippen molar-refractivity contribution in [1.29, 1.82) is 0 Å². The second kappa shape index (κ2) is 4.69. The van der Waals surface area contributed by atoms with E-state index < -0.39 is 0 Å². The lowest BCUT2D eigenvalue weighted by molar-refractivity contribution is 0.285. The summed E-state index contributed by atoms with van der Waals surface area (Å²) in [5.74, 6) is 1.08. The van der Waals surface area contributed by atoms with Gasteiger partial charge in [-0.2, -0.15) is 0 Å². The minimum Gasteiger partial charge on any atom is -0.508 e. The molecule has 0 fully saturated rings. The van der Waals surface area contributed by atoms with Crippen molar-refractivity contribution < 1.29 is 5.11 Å². The van der Waals surface area contributed by atoms with E-state index in [9.17, 15) is 5.11 Å². The van der Waals surface area contributed by atoms with Crippen molar-refractivity contribution in [3.8, 4) is 5.75 Å². The van der Waals surface area contributed by atoms with Crippen molar-refractivity contribution in [2.24, 2.45) is 11.3 Å². The standard InChI is InChI=1S/C14H22O/c1-11(2)9-14(3,4)10-12-5-7-13(15)8-6-12/h5-8,11,15H,9-10H2,1-4H3. The molecule has 0 unspecified atom stereocenters. The third-order valence-electron chi connectivity index (χ3n) is 2.58. The first-order chi connectivity index (χ1) is 6.89. The van der Waals surface area contributed by atoms with Crippen LogP contribution in [0.1, 0.15) is 39.7 Å². The van der Waals surface area contributed by atoms with Crippen LogP contribution in [0, 0.1) is 11.3 Å². The molecule has 1 aromatic rings. The second-order valence-corrected chi connectivity index (χ2v) is 5.61. The van der Waals surface area contributed by atoms with Crippen LogP contribution in [0.4, 0.5) is 0 Å². The fraction of sp³-hybridized carbons (Fsp3) is 0.571. The normalized spacial score (nSPS) is 12.1. The predicted octanol–water partition coefficient (Wildman–Crippen LogP) is 4.01. The summed E-state index contributed by atoms with van der Waals surface area (Å²) in [7, 11) is 0. The van der Waals surface area contributed by atoms with Gasteiger partial charge in [0.1, 0.15) is 5.75 Å². The van der Waals surface area contributed by atoms with Crippen molar-refractivity contribution in [2.75, 3.05) is 0 Å². The molecule has 84 valence electrons. The van der Waals surface area contributed by atoms with E-state index in [1.165, 1.54) is 12.0 Å². The van der Waals surface area contributed by atoms with Crippen LogP contribution in [0.5, 0.6) is 5.75 Å². The van der Waals surface area contributed by atoms with Gasteiger partial charge in [-0.1, -0.05) is 39.8 Å². The molecule has 1 heteroatoms. The topological polar surface area (TPSA) is 20.2 Å². The van der Waals surface area contributed by atoms with E-state index in [1.54, 1.807) is 12.1 Å². The number of phenols is 1. The predicted molar refractivity (Wildman–Crippen MR) is 65.0 cm³/mol. The highest BCUT2D eigenvalue weighted by atomic mass is 16.3. The average Bonchev–Trinajstić information content (AvgIpc) is 2.06. The van der Waals surface area contributed by atoms with E-state index in [-0.39, 0.29) is 0 Å². The second-order valence-electron chi connectivity index (χ2n) is 5.61. The highest BCUT2D eigenvalue weighted by Gasteiger charge is 2.19. The monoisotopic (exact) mass is 206 g/mol. The van der Waals surface area contributed by atoms with Crippen molar-refractivity contribution in [1.82, 2.24) is 0 Å². The molecule has 0 saturated heterocycles. The summed E-state index contributed by atoms with van der Waals surface area (Å²) < 4.78 is 0. The van der Waals surface area contributed by atoms with Gasteiger partial charge in [0.25, 0.3) is 0 Å². The Morgan fingerprint density at radius 1 is 1.13 bits per heavy atom. The van der Waals surface area contributed by atoms with Crippen LogP contribution in [-0.2, 0) is 6.42 Å². The molecule has 15 heavy (non-hydrogen) atoms. The zero-order valence-electron chi connectivity index (χ0n) is 10.2. The number of aromatic hydroxyl groups is 1. The SMILES string of the molecule is CC(C)CC(C)(C)Cc1ccc(O)cc1. The van der Waals surface area contributed by atoms with Gasteiger partial charge in [0.2, 0.25) is 0 Å². The molecule has 0 aliphatic heterocycles. The van der Waals surface area contributed by atoms with Crippen LogP contribution in [-0.4, -0.2) is 5.11 Å². The summed E-state index contributed by atoms with van der Waals surface area (Å²) in [6, 6.07) is 7.55. The quantitative estimate of drug-likeness (QED) is 0.789.